The fourth-order valence-corrected chi connectivity index (χ4v) is 7.08. The van der Waals surface area contributed by atoms with Gasteiger partial charge in [0, 0.05) is 52.2 Å². The Hall–Kier alpha value is -2.03. The van der Waals surface area contributed by atoms with Gasteiger partial charge in [0.15, 0.2) is 0 Å². The summed E-state index contributed by atoms with van der Waals surface area (Å²) < 4.78 is 8.42. The summed E-state index contributed by atoms with van der Waals surface area (Å²) >= 11 is 1.85. The van der Waals surface area contributed by atoms with E-state index in [1.807, 2.05) is 17.5 Å². The van der Waals surface area contributed by atoms with Gasteiger partial charge in [-0.15, -0.1) is 11.3 Å². The molecular weight excluding hydrogens is 480 g/mol. The van der Waals surface area contributed by atoms with E-state index in [-0.39, 0.29) is 22.3 Å². The highest BCUT2D eigenvalue weighted by molar-refractivity contribution is 7.09. The van der Waals surface area contributed by atoms with Crippen molar-refractivity contribution >= 4 is 11.3 Å². The molecule has 2 aliphatic heterocycles. The van der Waals surface area contributed by atoms with Gasteiger partial charge in [0.25, 0.3) is 0 Å². The Morgan fingerprint density at radius 3 is 2.57 bits per heavy atom. The zero-order valence-electron chi connectivity index (χ0n) is 23.4. The highest BCUT2D eigenvalue weighted by atomic mass is 32.1. The van der Waals surface area contributed by atoms with Crippen LogP contribution in [0.1, 0.15) is 108 Å². The molecule has 7 nitrogen and oxygen atoms in total. The van der Waals surface area contributed by atoms with Gasteiger partial charge in [-0.3, -0.25) is 4.68 Å². The van der Waals surface area contributed by atoms with Crippen LogP contribution >= 0.6 is 11.3 Å². The number of rotatable bonds is 8. The second kappa shape index (κ2) is 10.3. The molecule has 0 bridgehead atoms. The van der Waals surface area contributed by atoms with Crippen LogP contribution < -0.4 is 5.32 Å². The van der Waals surface area contributed by atoms with E-state index >= 15 is 0 Å². The van der Waals surface area contributed by atoms with Gasteiger partial charge >= 0.3 is 0 Å². The SMILES string of the molecule is CC(C)(CC1CC(n2cc(C(C)(C)C(C)(C)c3csc(C4CCNCC4)n3)cn2)CCO1)c1cnc[nH]1. The van der Waals surface area contributed by atoms with Crippen molar-refractivity contribution in [3.8, 4) is 0 Å². The lowest BCUT2D eigenvalue weighted by Gasteiger charge is -2.40. The Kier molecular flexibility index (Phi) is 7.37. The molecular formula is C29H44N6OS. The van der Waals surface area contributed by atoms with Crippen LogP contribution in [-0.4, -0.2) is 50.5 Å². The number of aromatic nitrogens is 5. The van der Waals surface area contributed by atoms with E-state index < -0.39 is 0 Å². The van der Waals surface area contributed by atoms with Crippen molar-refractivity contribution in [3.63, 3.8) is 0 Å². The molecule has 3 aromatic rings. The van der Waals surface area contributed by atoms with Crippen LogP contribution in [0.25, 0.3) is 0 Å². The summed E-state index contributed by atoms with van der Waals surface area (Å²) in [5, 5.41) is 12.0. The third-order valence-electron chi connectivity index (χ3n) is 9.42. The molecule has 2 fully saturated rings. The van der Waals surface area contributed by atoms with Crippen LogP contribution in [0.2, 0.25) is 0 Å². The predicted octanol–water partition coefficient (Wildman–Crippen LogP) is 5.87. The van der Waals surface area contributed by atoms with Gasteiger partial charge in [0.1, 0.15) is 0 Å². The normalized spacial score (nSPS) is 22.4. The molecule has 3 aromatic heterocycles. The molecule has 0 amide bonds. The van der Waals surface area contributed by atoms with Crippen LogP contribution in [0.5, 0.6) is 0 Å². The molecule has 2 atom stereocenters. The highest BCUT2D eigenvalue weighted by Gasteiger charge is 2.43. The lowest BCUT2D eigenvalue weighted by atomic mass is 9.63. The Morgan fingerprint density at radius 2 is 1.84 bits per heavy atom. The molecule has 202 valence electrons. The molecule has 0 aromatic carbocycles. The first-order valence-electron chi connectivity index (χ1n) is 13.9. The molecule has 8 heteroatoms. The summed E-state index contributed by atoms with van der Waals surface area (Å²) in [6.07, 6.45) is 13.6. The topological polar surface area (TPSA) is 80.7 Å². The zero-order valence-corrected chi connectivity index (χ0v) is 24.2. The number of piperidine rings is 1. The van der Waals surface area contributed by atoms with E-state index in [9.17, 15) is 0 Å². The van der Waals surface area contributed by atoms with Crippen molar-refractivity contribution in [1.29, 1.82) is 0 Å². The summed E-state index contributed by atoms with van der Waals surface area (Å²) in [5.74, 6) is 0.598. The number of hydrogen-bond acceptors (Lipinski definition) is 6. The van der Waals surface area contributed by atoms with Crippen LogP contribution in [0.4, 0.5) is 0 Å². The number of imidazole rings is 1. The maximum Gasteiger partial charge on any atom is 0.0960 e. The van der Waals surface area contributed by atoms with Crippen LogP contribution in [0.15, 0.2) is 30.3 Å². The lowest BCUT2D eigenvalue weighted by Crippen LogP contribution is -2.40. The molecule has 2 aliphatic rings. The van der Waals surface area contributed by atoms with E-state index in [0.717, 1.165) is 44.7 Å². The van der Waals surface area contributed by atoms with E-state index in [1.165, 1.54) is 29.1 Å². The van der Waals surface area contributed by atoms with E-state index in [4.69, 9.17) is 14.8 Å². The average molecular weight is 525 g/mol. The van der Waals surface area contributed by atoms with Crippen molar-refractivity contribution in [3.05, 3.63) is 52.3 Å². The van der Waals surface area contributed by atoms with Gasteiger partial charge < -0.3 is 15.0 Å². The van der Waals surface area contributed by atoms with Gasteiger partial charge in [0.05, 0.1) is 35.4 Å². The molecule has 2 unspecified atom stereocenters. The van der Waals surface area contributed by atoms with Crippen molar-refractivity contribution in [1.82, 2.24) is 30.0 Å². The van der Waals surface area contributed by atoms with Crippen molar-refractivity contribution in [2.24, 2.45) is 0 Å². The molecule has 2 N–H and O–H groups in total. The Bertz CT molecular complexity index is 1150. The number of thiazole rings is 1. The lowest BCUT2D eigenvalue weighted by molar-refractivity contribution is -0.0220. The molecule has 0 aliphatic carbocycles. The monoisotopic (exact) mass is 524 g/mol. The first-order valence-corrected chi connectivity index (χ1v) is 14.8. The van der Waals surface area contributed by atoms with Crippen LogP contribution in [-0.2, 0) is 21.0 Å². The predicted molar refractivity (Wildman–Crippen MR) is 149 cm³/mol. The second-order valence-corrected chi connectivity index (χ2v) is 13.7. The number of hydrogen-bond donors (Lipinski definition) is 2. The van der Waals surface area contributed by atoms with Crippen molar-refractivity contribution in [2.75, 3.05) is 19.7 Å². The minimum absolute atomic E-state index is 0.00905. The Balaban J connectivity index is 1.29. The number of ether oxygens (including phenoxy) is 1. The van der Waals surface area contributed by atoms with Crippen LogP contribution in [0.3, 0.4) is 0 Å². The fraction of sp³-hybridized carbons (Fsp3) is 0.690. The standard InChI is InChI=1S/C29H44N6OS/c1-27(2,24-16-31-19-32-24)14-23-13-22(9-12-36-23)35-17-21(15-33-35)28(3,4)29(5,6)25-18-37-26(34-25)20-7-10-30-11-8-20/h15-20,22-23,30H,7-14H2,1-6H3,(H,31,32). The first kappa shape index (κ1) is 26.6. The molecule has 2 saturated heterocycles. The quantitative estimate of drug-likeness (QED) is 0.385. The summed E-state index contributed by atoms with van der Waals surface area (Å²) in [7, 11) is 0. The van der Waals surface area contributed by atoms with Gasteiger partial charge in [-0.2, -0.15) is 5.10 Å². The van der Waals surface area contributed by atoms with Crippen molar-refractivity contribution in [2.45, 2.75) is 108 Å². The molecule has 0 saturated carbocycles. The smallest absolute Gasteiger partial charge is 0.0960 e. The second-order valence-electron chi connectivity index (χ2n) is 12.8. The summed E-state index contributed by atoms with van der Waals surface area (Å²) in [6.45, 7) is 16.9. The average Bonchev–Trinajstić information content (AvgIpc) is 3.66. The van der Waals surface area contributed by atoms with Gasteiger partial charge in [0.2, 0.25) is 0 Å². The minimum Gasteiger partial charge on any atom is -0.378 e. The first-order chi connectivity index (χ1) is 17.6. The summed E-state index contributed by atoms with van der Waals surface area (Å²) in [5.41, 5.74) is 3.40. The third-order valence-corrected chi connectivity index (χ3v) is 10.4. The fourth-order valence-electron chi connectivity index (χ4n) is 5.92. The molecule has 5 rings (SSSR count). The molecule has 5 heterocycles. The Morgan fingerprint density at radius 1 is 1.05 bits per heavy atom. The molecule has 37 heavy (non-hydrogen) atoms. The maximum absolute atomic E-state index is 6.22. The van der Waals surface area contributed by atoms with E-state index in [0.29, 0.717) is 12.0 Å². The Labute approximate surface area is 225 Å². The number of H-pyrrole nitrogens is 1. The number of nitrogens with one attached hydrogen (secondary N) is 2. The summed E-state index contributed by atoms with van der Waals surface area (Å²) in [6, 6.07) is 0.356. The van der Waals surface area contributed by atoms with Gasteiger partial charge in [-0.1, -0.05) is 41.5 Å². The minimum atomic E-state index is -0.116. The zero-order chi connectivity index (χ0) is 26.3. The van der Waals surface area contributed by atoms with E-state index in [2.05, 4.69) is 79.3 Å². The van der Waals surface area contributed by atoms with E-state index in [1.54, 1.807) is 6.33 Å². The number of nitrogens with zero attached hydrogens (tertiary/aromatic N) is 4. The van der Waals surface area contributed by atoms with Gasteiger partial charge in [-0.05, 0) is 50.8 Å². The number of aromatic amines is 1. The molecule has 0 spiro atoms. The molecule has 0 radical (unpaired) electrons. The third kappa shape index (κ3) is 5.30. The van der Waals surface area contributed by atoms with Gasteiger partial charge in [-0.25, -0.2) is 9.97 Å². The summed E-state index contributed by atoms with van der Waals surface area (Å²) in [4.78, 5) is 12.7. The van der Waals surface area contributed by atoms with Crippen molar-refractivity contribution < 1.29 is 4.74 Å². The largest absolute Gasteiger partial charge is 0.378 e. The van der Waals surface area contributed by atoms with Crippen LogP contribution in [0, 0.1) is 0 Å². The maximum atomic E-state index is 6.22. The highest BCUT2D eigenvalue weighted by Crippen LogP contribution is 2.45.